The van der Waals surface area contributed by atoms with Crippen molar-refractivity contribution in [1.29, 1.82) is 0 Å². The molecule has 8 nitrogen and oxygen atoms in total. The number of carbonyl (C=O) groups is 2. The summed E-state index contributed by atoms with van der Waals surface area (Å²) in [5.74, 6) is -10.8. The fourth-order valence-corrected chi connectivity index (χ4v) is 3.19. The number of benzene rings is 2. The molecule has 3 rings (SSSR count). The number of primary amides is 1. The minimum Gasteiger partial charge on any atom is -0.493 e. The summed E-state index contributed by atoms with van der Waals surface area (Å²) in [7, 11) is 1.68. The Labute approximate surface area is 205 Å². The van der Waals surface area contributed by atoms with Crippen molar-refractivity contribution in [3.63, 3.8) is 0 Å². The van der Waals surface area contributed by atoms with Gasteiger partial charge in [-0.1, -0.05) is 0 Å². The Morgan fingerprint density at radius 1 is 0.973 bits per heavy atom. The SMILES string of the molecule is COc1c(Oc2cc(C(F)(F)F)c(OC)c(F)c2C(=O)Nc2cc(C(N)=O)ncc2C)ccc(F)c1F. The predicted octanol–water partition coefficient (Wildman–Crippen LogP) is 4.99. The molecule has 0 radical (unpaired) electrons. The Morgan fingerprint density at radius 2 is 1.62 bits per heavy atom. The van der Waals surface area contributed by atoms with Gasteiger partial charge in [-0.2, -0.15) is 17.6 Å². The van der Waals surface area contributed by atoms with E-state index in [0.717, 1.165) is 26.4 Å². The first kappa shape index (κ1) is 27.1. The number of pyridine rings is 1. The Morgan fingerprint density at radius 3 is 2.19 bits per heavy atom. The summed E-state index contributed by atoms with van der Waals surface area (Å²) in [5, 5.41) is 2.24. The third-order valence-corrected chi connectivity index (χ3v) is 4.96. The van der Waals surface area contributed by atoms with E-state index in [4.69, 9.17) is 15.2 Å². The fraction of sp³-hybridized carbons (Fsp3) is 0.174. The van der Waals surface area contributed by atoms with Crippen LogP contribution in [0.3, 0.4) is 0 Å². The number of aryl methyl sites for hydroxylation is 1. The maximum Gasteiger partial charge on any atom is 0.420 e. The van der Waals surface area contributed by atoms with Gasteiger partial charge in [-0.15, -0.1) is 0 Å². The van der Waals surface area contributed by atoms with Crippen LogP contribution in [0, 0.1) is 24.4 Å². The van der Waals surface area contributed by atoms with Crippen LogP contribution < -0.4 is 25.3 Å². The molecule has 0 aliphatic heterocycles. The third-order valence-electron chi connectivity index (χ3n) is 4.96. The van der Waals surface area contributed by atoms with Crippen molar-refractivity contribution in [3.8, 4) is 23.0 Å². The van der Waals surface area contributed by atoms with Crippen LogP contribution in [0.15, 0.2) is 30.5 Å². The van der Waals surface area contributed by atoms with Crippen molar-refractivity contribution in [2.24, 2.45) is 5.73 Å². The Hall–Kier alpha value is -4.49. The lowest BCUT2D eigenvalue weighted by Gasteiger charge is -2.20. The van der Waals surface area contributed by atoms with Crippen molar-refractivity contribution in [3.05, 3.63) is 70.3 Å². The molecule has 196 valence electrons. The molecule has 2 amide bonds. The molecule has 3 aromatic rings. The number of alkyl halides is 3. The van der Waals surface area contributed by atoms with Gasteiger partial charge in [-0.3, -0.25) is 14.6 Å². The first-order chi connectivity index (χ1) is 17.3. The first-order valence-electron chi connectivity index (χ1n) is 10.0. The molecule has 1 aromatic heterocycles. The second-order valence-corrected chi connectivity index (χ2v) is 7.34. The van der Waals surface area contributed by atoms with Gasteiger partial charge in [0, 0.05) is 11.9 Å². The lowest BCUT2D eigenvalue weighted by molar-refractivity contribution is -0.139. The van der Waals surface area contributed by atoms with Gasteiger partial charge in [-0.05, 0) is 36.8 Å². The topological polar surface area (TPSA) is 113 Å². The van der Waals surface area contributed by atoms with E-state index in [-0.39, 0.29) is 23.0 Å². The number of amides is 2. The van der Waals surface area contributed by atoms with Crippen LogP contribution >= 0.6 is 0 Å². The molecule has 0 aliphatic rings. The van der Waals surface area contributed by atoms with E-state index in [1.165, 1.54) is 13.1 Å². The molecule has 0 saturated heterocycles. The van der Waals surface area contributed by atoms with Gasteiger partial charge >= 0.3 is 6.18 Å². The van der Waals surface area contributed by atoms with Crippen molar-refractivity contribution in [2.45, 2.75) is 13.1 Å². The lowest BCUT2D eigenvalue weighted by Crippen LogP contribution is -2.20. The monoisotopic (exact) mass is 529 g/mol. The summed E-state index contributed by atoms with van der Waals surface area (Å²) < 4.78 is 98.7. The van der Waals surface area contributed by atoms with Crippen molar-refractivity contribution < 1.29 is 50.1 Å². The van der Waals surface area contributed by atoms with Crippen LogP contribution in [0.2, 0.25) is 0 Å². The highest BCUT2D eigenvalue weighted by Gasteiger charge is 2.39. The Balaban J connectivity index is 2.23. The Bertz CT molecular complexity index is 1390. The summed E-state index contributed by atoms with van der Waals surface area (Å²) in [6, 6.07) is 2.71. The zero-order valence-corrected chi connectivity index (χ0v) is 19.2. The number of hydrogen-bond donors (Lipinski definition) is 2. The molecular weight excluding hydrogens is 512 g/mol. The maximum atomic E-state index is 15.4. The summed E-state index contributed by atoms with van der Waals surface area (Å²) >= 11 is 0. The molecule has 3 N–H and O–H groups in total. The summed E-state index contributed by atoms with van der Waals surface area (Å²) in [4.78, 5) is 28.3. The van der Waals surface area contributed by atoms with Crippen LogP contribution in [-0.4, -0.2) is 31.0 Å². The molecule has 0 unspecified atom stereocenters. The molecule has 14 heteroatoms. The molecule has 0 fully saturated rings. The number of nitrogens with two attached hydrogens (primary N) is 1. The largest absolute Gasteiger partial charge is 0.493 e. The van der Waals surface area contributed by atoms with E-state index in [1.807, 2.05) is 0 Å². The van der Waals surface area contributed by atoms with Gasteiger partial charge in [-0.25, -0.2) is 8.78 Å². The highest BCUT2D eigenvalue weighted by atomic mass is 19.4. The van der Waals surface area contributed by atoms with Gasteiger partial charge in [0.05, 0.1) is 14.2 Å². The molecule has 1 heterocycles. The van der Waals surface area contributed by atoms with Gasteiger partial charge in [0.25, 0.3) is 11.8 Å². The molecular formula is C23H17F6N3O5. The molecule has 0 spiro atoms. The van der Waals surface area contributed by atoms with Crippen LogP contribution in [-0.2, 0) is 6.18 Å². The fourth-order valence-electron chi connectivity index (χ4n) is 3.19. The predicted molar refractivity (Wildman–Crippen MR) is 116 cm³/mol. The second-order valence-electron chi connectivity index (χ2n) is 7.34. The van der Waals surface area contributed by atoms with Crippen molar-refractivity contribution in [1.82, 2.24) is 4.98 Å². The van der Waals surface area contributed by atoms with E-state index in [0.29, 0.717) is 6.07 Å². The number of nitrogens with one attached hydrogen (secondary N) is 1. The molecule has 2 aromatic carbocycles. The zero-order valence-electron chi connectivity index (χ0n) is 19.2. The number of carbonyl (C=O) groups excluding carboxylic acids is 2. The van der Waals surface area contributed by atoms with Gasteiger partial charge in [0.1, 0.15) is 22.6 Å². The number of ether oxygens (including phenoxy) is 3. The van der Waals surface area contributed by atoms with Crippen LogP contribution in [0.25, 0.3) is 0 Å². The normalized spacial score (nSPS) is 11.2. The smallest absolute Gasteiger partial charge is 0.420 e. The van der Waals surface area contributed by atoms with Crippen LogP contribution in [0.5, 0.6) is 23.0 Å². The highest BCUT2D eigenvalue weighted by molar-refractivity contribution is 6.07. The molecule has 0 aliphatic carbocycles. The average molecular weight is 529 g/mol. The summed E-state index contributed by atoms with van der Waals surface area (Å²) in [6.45, 7) is 1.46. The average Bonchev–Trinajstić information content (AvgIpc) is 2.82. The number of aromatic nitrogens is 1. The molecule has 0 saturated carbocycles. The lowest BCUT2D eigenvalue weighted by atomic mass is 10.1. The van der Waals surface area contributed by atoms with E-state index in [1.54, 1.807) is 0 Å². The standard InChI is InChI=1S/C23H17F6N3O5/c1-9-8-31-13(21(30)33)7-12(9)32-22(34)16-15(6-10(23(27,28)29)19(35-2)18(16)26)37-14-5-4-11(24)17(25)20(14)36-3/h4-8H,1-3H3,(H2,30,33)(H,31,32,34). The number of halogens is 6. The zero-order chi connectivity index (χ0) is 27.7. The number of nitrogens with zero attached hydrogens (tertiary/aromatic N) is 1. The van der Waals surface area contributed by atoms with E-state index in [2.05, 4.69) is 15.0 Å². The molecule has 0 bridgehead atoms. The van der Waals surface area contributed by atoms with Crippen LogP contribution in [0.1, 0.15) is 32.0 Å². The minimum absolute atomic E-state index is 0.0802. The second kappa shape index (κ2) is 10.2. The highest BCUT2D eigenvalue weighted by Crippen LogP contribution is 2.45. The first-order valence-corrected chi connectivity index (χ1v) is 10.0. The third kappa shape index (κ3) is 5.37. The minimum atomic E-state index is -5.17. The van der Waals surface area contributed by atoms with E-state index < -0.39 is 69.6 Å². The van der Waals surface area contributed by atoms with Gasteiger partial charge in [0.15, 0.2) is 23.1 Å². The van der Waals surface area contributed by atoms with Crippen LogP contribution in [0.4, 0.5) is 32.0 Å². The number of anilines is 1. The summed E-state index contributed by atoms with van der Waals surface area (Å²) in [6.07, 6.45) is -4.00. The van der Waals surface area contributed by atoms with Gasteiger partial charge < -0.3 is 25.3 Å². The number of hydrogen-bond acceptors (Lipinski definition) is 6. The molecule has 37 heavy (non-hydrogen) atoms. The van der Waals surface area contributed by atoms with Crippen molar-refractivity contribution >= 4 is 17.5 Å². The quantitative estimate of drug-likeness (QED) is 0.417. The summed E-state index contributed by atoms with van der Waals surface area (Å²) in [5.41, 5.74) is 2.35. The number of methoxy groups -OCH3 is 2. The van der Waals surface area contributed by atoms with Gasteiger partial charge in [0.2, 0.25) is 11.6 Å². The molecule has 0 atom stereocenters. The van der Waals surface area contributed by atoms with E-state index in [9.17, 15) is 31.5 Å². The van der Waals surface area contributed by atoms with E-state index >= 15 is 4.39 Å². The number of rotatable bonds is 7. The van der Waals surface area contributed by atoms with Crippen molar-refractivity contribution in [2.75, 3.05) is 19.5 Å². The Kier molecular flexibility index (Phi) is 7.50. The maximum absolute atomic E-state index is 15.4.